The molecule has 0 radical (unpaired) electrons. The van der Waals surface area contributed by atoms with Crippen molar-refractivity contribution in [1.82, 2.24) is 0 Å². The van der Waals surface area contributed by atoms with Gasteiger partial charge < -0.3 is 4.74 Å². The van der Waals surface area contributed by atoms with Gasteiger partial charge in [-0.15, -0.1) is 0 Å². The predicted octanol–water partition coefficient (Wildman–Crippen LogP) is 6.02. The van der Waals surface area contributed by atoms with Gasteiger partial charge in [0, 0.05) is 16.3 Å². The first-order chi connectivity index (χ1) is 13.6. The minimum Gasteiger partial charge on any atom is -0.488 e. The Bertz CT molecular complexity index is 936. The number of para-hydroxylation sites is 1. The molecule has 0 heterocycles. The molecule has 0 saturated carbocycles. The summed E-state index contributed by atoms with van der Waals surface area (Å²) in [6.07, 6.45) is 1.92. The third-order valence-electron chi connectivity index (χ3n) is 5.24. The van der Waals surface area contributed by atoms with Crippen LogP contribution >= 0.6 is 8.58 Å². The summed E-state index contributed by atoms with van der Waals surface area (Å²) in [5.74, 6) is 0.965. The Labute approximate surface area is 169 Å². The van der Waals surface area contributed by atoms with Gasteiger partial charge >= 0.3 is 0 Å². The first-order valence-corrected chi connectivity index (χ1v) is 10.7. The SMILES string of the molecule is CCC(C)(Pc1ccccc1C=O)c1cccc(C)c1OCc1ccccc1. The fourth-order valence-corrected chi connectivity index (χ4v) is 4.93. The number of aldehydes is 1. The van der Waals surface area contributed by atoms with Crippen molar-refractivity contribution in [2.24, 2.45) is 0 Å². The molecule has 144 valence electrons. The van der Waals surface area contributed by atoms with Crippen molar-refractivity contribution in [2.75, 3.05) is 0 Å². The molecule has 0 aliphatic rings. The minimum atomic E-state index is -0.100. The lowest BCUT2D eigenvalue weighted by Gasteiger charge is -2.32. The second-order valence-electron chi connectivity index (χ2n) is 7.24. The second kappa shape index (κ2) is 9.17. The van der Waals surface area contributed by atoms with E-state index in [1.807, 2.05) is 36.4 Å². The predicted molar refractivity (Wildman–Crippen MR) is 119 cm³/mol. The average Bonchev–Trinajstić information content (AvgIpc) is 2.73. The van der Waals surface area contributed by atoms with Gasteiger partial charge in [-0.05, 0) is 29.8 Å². The van der Waals surface area contributed by atoms with Crippen LogP contribution in [0.4, 0.5) is 0 Å². The normalized spacial score (nSPS) is 13.4. The van der Waals surface area contributed by atoms with Gasteiger partial charge in [0.2, 0.25) is 0 Å². The summed E-state index contributed by atoms with van der Waals surface area (Å²) in [7, 11) is 0.484. The molecule has 3 aromatic rings. The van der Waals surface area contributed by atoms with E-state index in [9.17, 15) is 4.79 Å². The number of rotatable bonds is 8. The van der Waals surface area contributed by atoms with Gasteiger partial charge in [0.1, 0.15) is 12.4 Å². The van der Waals surface area contributed by atoms with Gasteiger partial charge in [-0.3, -0.25) is 4.79 Å². The molecule has 2 atom stereocenters. The van der Waals surface area contributed by atoms with E-state index in [1.54, 1.807) is 0 Å². The van der Waals surface area contributed by atoms with Crippen LogP contribution in [-0.4, -0.2) is 6.29 Å². The van der Waals surface area contributed by atoms with Crippen molar-refractivity contribution >= 4 is 20.2 Å². The number of hydrogen-bond acceptors (Lipinski definition) is 2. The van der Waals surface area contributed by atoms with Gasteiger partial charge in [0.25, 0.3) is 0 Å². The third-order valence-corrected chi connectivity index (χ3v) is 7.14. The van der Waals surface area contributed by atoms with Gasteiger partial charge in [0.05, 0.1) is 0 Å². The van der Waals surface area contributed by atoms with Crippen molar-refractivity contribution in [3.8, 4) is 5.75 Å². The smallest absolute Gasteiger partial charge is 0.150 e. The van der Waals surface area contributed by atoms with E-state index in [1.165, 1.54) is 5.56 Å². The Hall–Kier alpha value is -2.44. The monoisotopic (exact) mass is 390 g/mol. The summed E-state index contributed by atoms with van der Waals surface area (Å²) in [5, 5.41) is 1.01. The highest BCUT2D eigenvalue weighted by Crippen LogP contribution is 2.48. The van der Waals surface area contributed by atoms with Crippen LogP contribution in [0.15, 0.2) is 72.8 Å². The molecule has 0 aliphatic heterocycles. The van der Waals surface area contributed by atoms with Crippen molar-refractivity contribution in [3.05, 3.63) is 95.1 Å². The number of carbonyl (C=O) groups excluding carboxylic acids is 1. The Morgan fingerprint density at radius 1 is 0.964 bits per heavy atom. The maximum Gasteiger partial charge on any atom is 0.150 e. The first-order valence-electron chi connectivity index (χ1n) is 9.66. The Morgan fingerprint density at radius 2 is 1.68 bits per heavy atom. The van der Waals surface area contributed by atoms with E-state index in [-0.39, 0.29) is 5.16 Å². The standard InChI is InChI=1S/C25H27O2P/c1-4-25(3,28-23-16-9-8-14-21(23)17-26)22-15-10-11-19(2)24(22)27-18-20-12-6-5-7-13-20/h5-17,28H,4,18H2,1-3H3. The Morgan fingerprint density at radius 3 is 2.39 bits per heavy atom. The molecule has 0 fully saturated rings. The lowest BCUT2D eigenvalue weighted by molar-refractivity contribution is 0.112. The maximum atomic E-state index is 11.5. The van der Waals surface area contributed by atoms with Gasteiger partial charge in [-0.25, -0.2) is 0 Å². The molecule has 28 heavy (non-hydrogen) atoms. The highest BCUT2D eigenvalue weighted by Gasteiger charge is 2.30. The highest BCUT2D eigenvalue weighted by molar-refractivity contribution is 7.48. The molecule has 0 N–H and O–H groups in total. The summed E-state index contributed by atoms with van der Waals surface area (Å²) in [6.45, 7) is 7.13. The summed E-state index contributed by atoms with van der Waals surface area (Å²) < 4.78 is 6.33. The molecular weight excluding hydrogens is 363 g/mol. The van der Waals surface area contributed by atoms with E-state index in [0.29, 0.717) is 15.2 Å². The number of hydrogen-bond donors (Lipinski definition) is 0. The van der Waals surface area contributed by atoms with Crippen LogP contribution in [0.5, 0.6) is 5.75 Å². The average molecular weight is 390 g/mol. The van der Waals surface area contributed by atoms with Gasteiger partial charge in [-0.1, -0.05) is 95.2 Å². The van der Waals surface area contributed by atoms with Crippen molar-refractivity contribution in [3.63, 3.8) is 0 Å². The van der Waals surface area contributed by atoms with Crippen LogP contribution < -0.4 is 10.0 Å². The van der Waals surface area contributed by atoms with Crippen molar-refractivity contribution < 1.29 is 9.53 Å². The van der Waals surface area contributed by atoms with Crippen LogP contribution in [0.3, 0.4) is 0 Å². The molecule has 3 aromatic carbocycles. The summed E-state index contributed by atoms with van der Waals surface area (Å²) in [6, 6.07) is 24.5. The van der Waals surface area contributed by atoms with E-state index >= 15 is 0 Å². The van der Waals surface area contributed by atoms with E-state index in [2.05, 4.69) is 57.2 Å². The molecule has 3 heteroatoms. The lowest BCUT2D eigenvalue weighted by Crippen LogP contribution is -2.21. The van der Waals surface area contributed by atoms with Crippen molar-refractivity contribution in [1.29, 1.82) is 0 Å². The molecule has 0 aromatic heterocycles. The van der Waals surface area contributed by atoms with Crippen molar-refractivity contribution in [2.45, 2.75) is 39.0 Å². The molecule has 0 amide bonds. The topological polar surface area (TPSA) is 26.3 Å². The zero-order chi connectivity index (χ0) is 20.0. The van der Waals surface area contributed by atoms with E-state index < -0.39 is 0 Å². The molecule has 2 nitrogen and oxygen atoms in total. The lowest BCUT2D eigenvalue weighted by atomic mass is 9.94. The summed E-state index contributed by atoms with van der Waals surface area (Å²) in [4.78, 5) is 11.5. The Kier molecular flexibility index (Phi) is 6.65. The molecule has 0 aliphatic carbocycles. The number of benzene rings is 3. The second-order valence-corrected chi connectivity index (χ2v) is 9.13. The zero-order valence-corrected chi connectivity index (χ0v) is 17.7. The molecular formula is C25H27O2P. The molecule has 2 unspecified atom stereocenters. The number of aryl methyl sites for hydroxylation is 1. The van der Waals surface area contributed by atoms with Gasteiger partial charge in [-0.2, -0.15) is 0 Å². The van der Waals surface area contributed by atoms with Crippen LogP contribution in [0.2, 0.25) is 0 Å². The zero-order valence-electron chi connectivity index (χ0n) is 16.7. The van der Waals surface area contributed by atoms with Crippen LogP contribution in [0.1, 0.15) is 47.3 Å². The molecule has 3 rings (SSSR count). The largest absolute Gasteiger partial charge is 0.488 e. The van der Waals surface area contributed by atoms with E-state index in [0.717, 1.165) is 40.5 Å². The van der Waals surface area contributed by atoms with Crippen LogP contribution in [0, 0.1) is 6.92 Å². The molecule has 0 spiro atoms. The minimum absolute atomic E-state index is 0.100. The van der Waals surface area contributed by atoms with Crippen LogP contribution in [0.25, 0.3) is 0 Å². The summed E-state index contributed by atoms with van der Waals surface area (Å²) >= 11 is 0. The maximum absolute atomic E-state index is 11.5. The van der Waals surface area contributed by atoms with E-state index in [4.69, 9.17) is 4.74 Å². The first kappa shape index (κ1) is 20.3. The molecule has 0 saturated heterocycles. The van der Waals surface area contributed by atoms with Crippen LogP contribution in [-0.2, 0) is 11.8 Å². The fraction of sp³-hybridized carbons (Fsp3) is 0.240. The number of carbonyl (C=O) groups is 1. The fourth-order valence-electron chi connectivity index (χ4n) is 3.37. The number of ether oxygens (including phenoxy) is 1. The van der Waals surface area contributed by atoms with Gasteiger partial charge in [0.15, 0.2) is 6.29 Å². The summed E-state index contributed by atoms with van der Waals surface area (Å²) in [5.41, 5.74) is 4.29. The Balaban J connectivity index is 1.95. The highest BCUT2D eigenvalue weighted by atomic mass is 31.1. The molecule has 0 bridgehead atoms. The quantitative estimate of drug-likeness (QED) is 0.347. The third kappa shape index (κ3) is 4.51.